The van der Waals surface area contributed by atoms with Gasteiger partial charge in [0.15, 0.2) is 5.69 Å². The van der Waals surface area contributed by atoms with Crippen LogP contribution in [0, 0.1) is 10.1 Å². The Labute approximate surface area is 108 Å². The highest BCUT2D eigenvalue weighted by Gasteiger charge is 2.20. The Bertz CT molecular complexity index is 621. The van der Waals surface area contributed by atoms with Gasteiger partial charge in [0.2, 0.25) is 0 Å². The molecule has 0 atom stereocenters. The van der Waals surface area contributed by atoms with E-state index in [0.717, 1.165) is 0 Å². The summed E-state index contributed by atoms with van der Waals surface area (Å²) in [4.78, 5) is 26.0. The average molecular weight is 261 g/mol. The van der Waals surface area contributed by atoms with Crippen LogP contribution in [0.15, 0.2) is 36.8 Å². The molecule has 0 fully saturated rings. The fraction of sp³-hybridized carbons (Fsp3) is 0.167. The number of nitro benzene ring substituents is 1. The van der Waals surface area contributed by atoms with Gasteiger partial charge >= 0.3 is 5.97 Å². The maximum absolute atomic E-state index is 11.7. The van der Waals surface area contributed by atoms with Gasteiger partial charge in [0.25, 0.3) is 5.69 Å². The van der Waals surface area contributed by atoms with Crippen molar-refractivity contribution in [2.24, 2.45) is 0 Å². The van der Waals surface area contributed by atoms with E-state index in [0.29, 0.717) is 0 Å². The number of hydrogen-bond acceptors (Lipinski definition) is 5. The number of ether oxygens (including phenoxy) is 1. The van der Waals surface area contributed by atoms with Crippen molar-refractivity contribution >= 4 is 11.7 Å². The van der Waals surface area contributed by atoms with E-state index in [9.17, 15) is 14.9 Å². The van der Waals surface area contributed by atoms with Crippen LogP contribution in [-0.4, -0.2) is 27.1 Å². The fourth-order valence-corrected chi connectivity index (χ4v) is 1.67. The van der Waals surface area contributed by atoms with Crippen molar-refractivity contribution in [2.75, 3.05) is 6.61 Å². The summed E-state index contributed by atoms with van der Waals surface area (Å²) in [5.41, 5.74) is 0.315. The van der Waals surface area contributed by atoms with Crippen molar-refractivity contribution in [1.82, 2.24) is 9.55 Å². The molecule has 7 heteroatoms. The van der Waals surface area contributed by atoms with Crippen LogP contribution in [0.2, 0.25) is 0 Å². The highest BCUT2D eigenvalue weighted by molar-refractivity contribution is 5.88. The number of nitro groups is 1. The zero-order valence-electron chi connectivity index (χ0n) is 10.1. The summed E-state index contributed by atoms with van der Waals surface area (Å²) in [6, 6.07) is 6.12. The summed E-state index contributed by atoms with van der Waals surface area (Å²) >= 11 is 0. The first-order chi connectivity index (χ1) is 9.15. The second kappa shape index (κ2) is 5.30. The van der Waals surface area contributed by atoms with Gasteiger partial charge in [-0.05, 0) is 13.0 Å². The summed E-state index contributed by atoms with van der Waals surface area (Å²) in [6.45, 7) is 1.91. The van der Waals surface area contributed by atoms with E-state index in [1.165, 1.54) is 23.2 Å². The maximum atomic E-state index is 11.7. The Morgan fingerprint density at radius 2 is 2.21 bits per heavy atom. The minimum atomic E-state index is -0.571. The third-order valence-corrected chi connectivity index (χ3v) is 2.46. The minimum absolute atomic E-state index is 0.106. The van der Waals surface area contributed by atoms with Crippen molar-refractivity contribution < 1.29 is 14.5 Å². The molecule has 0 saturated heterocycles. The average Bonchev–Trinajstić information content (AvgIpc) is 2.88. The maximum Gasteiger partial charge on any atom is 0.356 e. The number of carbonyl (C=O) groups excluding carboxylic acids is 1. The topological polar surface area (TPSA) is 87.3 Å². The zero-order chi connectivity index (χ0) is 13.8. The van der Waals surface area contributed by atoms with Gasteiger partial charge in [0.05, 0.1) is 17.7 Å². The molecule has 2 rings (SSSR count). The predicted octanol–water partition coefficient (Wildman–Crippen LogP) is 1.96. The van der Waals surface area contributed by atoms with Crippen LogP contribution in [0.3, 0.4) is 0 Å². The number of para-hydroxylation sites is 2. The van der Waals surface area contributed by atoms with E-state index < -0.39 is 10.9 Å². The molecule has 0 aliphatic rings. The summed E-state index contributed by atoms with van der Waals surface area (Å²) in [7, 11) is 0. The lowest BCUT2D eigenvalue weighted by molar-refractivity contribution is -0.384. The molecular weight excluding hydrogens is 250 g/mol. The largest absolute Gasteiger partial charge is 0.461 e. The van der Waals surface area contributed by atoms with Crippen molar-refractivity contribution in [3.05, 3.63) is 52.6 Å². The number of benzene rings is 1. The van der Waals surface area contributed by atoms with Crippen molar-refractivity contribution in [2.45, 2.75) is 6.92 Å². The highest BCUT2D eigenvalue weighted by atomic mass is 16.6. The Morgan fingerprint density at radius 1 is 1.47 bits per heavy atom. The van der Waals surface area contributed by atoms with Crippen molar-refractivity contribution in [3.8, 4) is 5.69 Å². The molecule has 0 spiro atoms. The van der Waals surface area contributed by atoms with E-state index in [2.05, 4.69) is 4.98 Å². The molecule has 0 N–H and O–H groups in total. The molecule has 1 heterocycles. The summed E-state index contributed by atoms with van der Waals surface area (Å²) in [6.07, 6.45) is 2.66. The molecule has 2 aromatic rings. The number of nitrogens with zero attached hydrogens (tertiary/aromatic N) is 3. The third-order valence-electron chi connectivity index (χ3n) is 2.46. The lowest BCUT2D eigenvalue weighted by Gasteiger charge is -2.07. The second-order valence-electron chi connectivity index (χ2n) is 3.62. The molecule has 0 aliphatic heterocycles. The molecule has 0 amide bonds. The molecule has 0 radical (unpaired) electrons. The van der Waals surface area contributed by atoms with Gasteiger partial charge in [-0.3, -0.25) is 14.7 Å². The molecule has 1 aromatic carbocycles. The van der Waals surface area contributed by atoms with E-state index in [4.69, 9.17) is 4.74 Å². The molecule has 1 aromatic heterocycles. The fourth-order valence-electron chi connectivity index (χ4n) is 1.67. The molecule has 7 nitrogen and oxygen atoms in total. The number of esters is 1. The van der Waals surface area contributed by atoms with Crippen molar-refractivity contribution in [1.29, 1.82) is 0 Å². The smallest absolute Gasteiger partial charge is 0.356 e. The van der Waals surface area contributed by atoms with Gasteiger partial charge in [-0.1, -0.05) is 12.1 Å². The van der Waals surface area contributed by atoms with Crippen LogP contribution in [0.1, 0.15) is 17.4 Å². The van der Waals surface area contributed by atoms with Crippen LogP contribution >= 0.6 is 0 Å². The standard InChI is InChI=1S/C12H11N3O4/c1-2-19-12(16)11-7-13-8-14(11)9-5-3-4-6-10(9)15(17)18/h3-8H,2H2,1H3. The van der Waals surface area contributed by atoms with Crippen LogP contribution in [0.5, 0.6) is 0 Å². The number of carbonyl (C=O) groups is 1. The molecule has 0 bridgehead atoms. The number of imidazole rings is 1. The van der Waals surface area contributed by atoms with Gasteiger partial charge < -0.3 is 4.74 Å². The third kappa shape index (κ3) is 2.44. The molecule has 19 heavy (non-hydrogen) atoms. The highest BCUT2D eigenvalue weighted by Crippen LogP contribution is 2.23. The number of aromatic nitrogens is 2. The van der Waals surface area contributed by atoms with E-state index >= 15 is 0 Å². The van der Waals surface area contributed by atoms with Crippen molar-refractivity contribution in [3.63, 3.8) is 0 Å². The number of hydrogen-bond donors (Lipinski definition) is 0. The van der Waals surface area contributed by atoms with E-state index in [1.54, 1.807) is 25.1 Å². The molecule has 0 aliphatic carbocycles. The zero-order valence-corrected chi connectivity index (χ0v) is 10.1. The van der Waals surface area contributed by atoms with E-state index in [-0.39, 0.29) is 23.7 Å². The lowest BCUT2D eigenvalue weighted by Crippen LogP contribution is -2.11. The Balaban J connectivity index is 2.52. The molecule has 0 saturated carbocycles. The summed E-state index contributed by atoms with van der Waals surface area (Å²) < 4.78 is 6.22. The quantitative estimate of drug-likeness (QED) is 0.477. The van der Waals surface area contributed by atoms with Gasteiger partial charge in [0, 0.05) is 6.07 Å². The Hall–Kier alpha value is -2.70. The molecule has 98 valence electrons. The SMILES string of the molecule is CCOC(=O)c1cncn1-c1ccccc1[N+](=O)[O-]. The van der Waals surface area contributed by atoms with Gasteiger partial charge in [-0.2, -0.15) is 0 Å². The van der Waals surface area contributed by atoms with Crippen LogP contribution in [0.25, 0.3) is 5.69 Å². The normalized spacial score (nSPS) is 10.2. The predicted molar refractivity (Wildman–Crippen MR) is 66.2 cm³/mol. The van der Waals surface area contributed by atoms with Crippen LogP contribution < -0.4 is 0 Å². The summed E-state index contributed by atoms with van der Waals surface area (Å²) in [5, 5.41) is 11.0. The Kier molecular flexibility index (Phi) is 3.56. The van der Waals surface area contributed by atoms with E-state index in [1.807, 2.05) is 0 Å². The monoisotopic (exact) mass is 261 g/mol. The molecular formula is C12H11N3O4. The first-order valence-electron chi connectivity index (χ1n) is 5.58. The van der Waals surface area contributed by atoms with Gasteiger partial charge in [-0.15, -0.1) is 0 Å². The van der Waals surface area contributed by atoms with Crippen LogP contribution in [-0.2, 0) is 4.74 Å². The second-order valence-corrected chi connectivity index (χ2v) is 3.62. The van der Waals surface area contributed by atoms with Gasteiger partial charge in [0.1, 0.15) is 12.0 Å². The molecule has 0 unspecified atom stereocenters. The first-order valence-corrected chi connectivity index (χ1v) is 5.58. The van der Waals surface area contributed by atoms with Gasteiger partial charge in [-0.25, -0.2) is 9.78 Å². The van der Waals surface area contributed by atoms with Crippen LogP contribution in [0.4, 0.5) is 5.69 Å². The lowest BCUT2D eigenvalue weighted by atomic mass is 10.2. The summed E-state index contributed by atoms with van der Waals surface area (Å²) in [5.74, 6) is -0.571. The number of rotatable bonds is 4. The minimum Gasteiger partial charge on any atom is -0.461 e. The Morgan fingerprint density at radius 3 is 2.89 bits per heavy atom. The first kappa shape index (κ1) is 12.7.